The number of nitrogens with zero attached hydrogens (tertiary/aromatic N) is 3. The molecule has 1 aliphatic rings. The number of carbonyl (C=O) groups is 2. The Morgan fingerprint density at radius 2 is 1.38 bits per heavy atom. The molecule has 4 aromatic carbocycles. The highest BCUT2D eigenvalue weighted by Gasteiger charge is 2.39. The van der Waals surface area contributed by atoms with Gasteiger partial charge in [0, 0.05) is 25.7 Å². The second kappa shape index (κ2) is 15.1. The molecule has 15 heteroatoms. The van der Waals surface area contributed by atoms with Crippen LogP contribution in [0.4, 0.5) is 33.3 Å². The Morgan fingerprint density at radius 3 is 1.91 bits per heavy atom. The van der Waals surface area contributed by atoms with Gasteiger partial charge in [-0.1, -0.05) is 62.7 Å². The third-order valence-electron chi connectivity index (χ3n) is 8.92. The fourth-order valence-electron chi connectivity index (χ4n) is 5.82. The molecule has 0 radical (unpaired) electrons. The number of anilines is 2. The molecule has 1 N–H and O–H groups in total. The van der Waals surface area contributed by atoms with E-state index in [0.29, 0.717) is 15.8 Å². The van der Waals surface area contributed by atoms with Gasteiger partial charge in [0.2, 0.25) is 21.7 Å². The molecule has 282 valence electrons. The van der Waals surface area contributed by atoms with Gasteiger partial charge in [-0.25, -0.2) is 35.2 Å². The van der Waals surface area contributed by atoms with Gasteiger partial charge < -0.3 is 14.9 Å². The highest BCUT2D eigenvalue weighted by Crippen LogP contribution is 2.42. The molecule has 0 spiro atoms. The van der Waals surface area contributed by atoms with E-state index in [1.165, 1.54) is 47.4 Å². The standard InChI is InChI=1S/C38H37ClF5N3O5S/c1-38(2,3)26-15-22(14-25(16-26)23-8-9-23)19-47(28-13-10-24(37(49)50)17-29(28)45(4)5)30(48)20-46(18-21-6-11-27(39)12-7-21)53(51,52)36-34(43)32(41)31(40)33(42)35(36)44/h6-7,10-17,23H,8-9,18-20H2,1-5H3,(H,49,50). The molecule has 5 rings (SSSR count). The molecule has 0 aliphatic heterocycles. The average Bonchev–Trinajstić information content (AvgIpc) is 3.94. The second-order valence-corrected chi connectivity index (χ2v) is 16.5. The van der Waals surface area contributed by atoms with Gasteiger partial charge >= 0.3 is 5.97 Å². The first-order valence-corrected chi connectivity index (χ1v) is 18.3. The van der Waals surface area contributed by atoms with E-state index in [1.807, 2.05) is 32.9 Å². The number of carbonyl (C=O) groups excluding carboxylic acids is 1. The third kappa shape index (κ3) is 8.50. The number of sulfonamides is 1. The Balaban J connectivity index is 1.68. The van der Waals surface area contributed by atoms with E-state index in [9.17, 15) is 36.3 Å². The largest absolute Gasteiger partial charge is 0.478 e. The van der Waals surface area contributed by atoms with E-state index in [1.54, 1.807) is 19.0 Å². The molecule has 1 fully saturated rings. The van der Waals surface area contributed by atoms with Crippen LogP contribution in [0.5, 0.6) is 0 Å². The number of hydrogen-bond acceptors (Lipinski definition) is 5. The van der Waals surface area contributed by atoms with Crippen molar-refractivity contribution in [1.82, 2.24) is 4.31 Å². The van der Waals surface area contributed by atoms with Crippen molar-refractivity contribution in [2.24, 2.45) is 0 Å². The van der Waals surface area contributed by atoms with Crippen molar-refractivity contribution in [3.05, 3.63) is 123 Å². The summed E-state index contributed by atoms with van der Waals surface area (Å²) in [5, 5.41) is 9.97. The lowest BCUT2D eigenvalue weighted by molar-refractivity contribution is -0.119. The predicted octanol–water partition coefficient (Wildman–Crippen LogP) is 8.40. The van der Waals surface area contributed by atoms with Crippen LogP contribution in [0.25, 0.3) is 0 Å². The summed E-state index contributed by atoms with van der Waals surface area (Å²) in [5.74, 6) is -14.5. The number of aromatic carboxylic acids is 1. The second-order valence-electron chi connectivity index (χ2n) is 14.2. The Hall–Kier alpha value is -4.53. The van der Waals surface area contributed by atoms with Crippen molar-refractivity contribution < 1.29 is 45.1 Å². The molecule has 0 heterocycles. The van der Waals surface area contributed by atoms with Crippen molar-refractivity contribution in [2.75, 3.05) is 30.4 Å². The van der Waals surface area contributed by atoms with E-state index in [4.69, 9.17) is 11.6 Å². The van der Waals surface area contributed by atoms with E-state index in [0.717, 1.165) is 24.0 Å². The Kier molecular flexibility index (Phi) is 11.3. The molecule has 8 nitrogen and oxygen atoms in total. The van der Waals surface area contributed by atoms with Gasteiger partial charge in [0.25, 0.3) is 0 Å². The van der Waals surface area contributed by atoms with Crippen LogP contribution >= 0.6 is 11.6 Å². The fraction of sp³-hybridized carbons (Fsp3) is 0.316. The van der Waals surface area contributed by atoms with Crippen LogP contribution in [0.2, 0.25) is 5.02 Å². The number of carboxylic acids is 1. The van der Waals surface area contributed by atoms with Gasteiger partial charge in [-0.3, -0.25) is 4.79 Å². The number of hydrogen-bond donors (Lipinski definition) is 1. The molecule has 1 amide bonds. The van der Waals surface area contributed by atoms with E-state index in [-0.39, 0.29) is 39.5 Å². The molecule has 53 heavy (non-hydrogen) atoms. The minimum Gasteiger partial charge on any atom is -0.478 e. The van der Waals surface area contributed by atoms with Gasteiger partial charge in [0.05, 0.1) is 30.0 Å². The zero-order chi connectivity index (χ0) is 39.2. The molecule has 0 saturated heterocycles. The number of benzene rings is 4. The topological polar surface area (TPSA) is 98.2 Å². The summed E-state index contributed by atoms with van der Waals surface area (Å²) in [6, 6.07) is 15.5. The summed E-state index contributed by atoms with van der Waals surface area (Å²) < 4.78 is 101. The van der Waals surface area contributed by atoms with E-state index >= 15 is 8.78 Å². The first-order chi connectivity index (χ1) is 24.7. The zero-order valence-electron chi connectivity index (χ0n) is 29.5. The first kappa shape index (κ1) is 39.7. The number of rotatable bonds is 12. The summed E-state index contributed by atoms with van der Waals surface area (Å²) in [5.41, 5.74) is 2.87. The quantitative estimate of drug-likeness (QED) is 0.0882. The molecular formula is C38H37ClF5N3O5S. The fourth-order valence-corrected chi connectivity index (χ4v) is 7.44. The molecule has 0 atom stereocenters. The molecule has 0 unspecified atom stereocenters. The van der Waals surface area contributed by atoms with Crippen LogP contribution in [0.3, 0.4) is 0 Å². The van der Waals surface area contributed by atoms with Crippen molar-refractivity contribution in [3.8, 4) is 0 Å². The monoisotopic (exact) mass is 777 g/mol. The summed E-state index contributed by atoms with van der Waals surface area (Å²) >= 11 is 5.99. The van der Waals surface area contributed by atoms with Crippen molar-refractivity contribution in [2.45, 2.75) is 62.9 Å². The maximum Gasteiger partial charge on any atom is 0.335 e. The highest BCUT2D eigenvalue weighted by molar-refractivity contribution is 7.89. The summed E-state index contributed by atoms with van der Waals surface area (Å²) in [7, 11) is -2.41. The molecule has 0 bridgehead atoms. The molecule has 1 aliphatic carbocycles. The van der Waals surface area contributed by atoms with Gasteiger partial charge in [-0.05, 0) is 76.8 Å². The minimum absolute atomic E-state index is 0.103. The van der Waals surface area contributed by atoms with Crippen LogP contribution in [-0.4, -0.2) is 50.3 Å². The Morgan fingerprint density at radius 1 is 0.792 bits per heavy atom. The maximum atomic E-state index is 15.1. The summed E-state index contributed by atoms with van der Waals surface area (Å²) in [6.45, 7) is 4.06. The van der Waals surface area contributed by atoms with E-state index in [2.05, 4.69) is 6.07 Å². The smallest absolute Gasteiger partial charge is 0.335 e. The lowest BCUT2D eigenvalue weighted by Gasteiger charge is -2.31. The summed E-state index contributed by atoms with van der Waals surface area (Å²) in [6.07, 6.45) is 1.96. The van der Waals surface area contributed by atoms with Crippen LogP contribution < -0.4 is 9.80 Å². The third-order valence-corrected chi connectivity index (χ3v) is 11.0. The van der Waals surface area contributed by atoms with E-state index < -0.39 is 69.0 Å². The Labute approximate surface area is 309 Å². The van der Waals surface area contributed by atoms with Gasteiger partial charge in [0.15, 0.2) is 28.2 Å². The lowest BCUT2D eigenvalue weighted by atomic mass is 9.84. The van der Waals surface area contributed by atoms with Gasteiger partial charge in [-0.15, -0.1) is 0 Å². The first-order valence-electron chi connectivity index (χ1n) is 16.5. The van der Waals surface area contributed by atoms with Crippen molar-refractivity contribution >= 4 is 44.9 Å². The Bertz CT molecular complexity index is 2160. The van der Waals surface area contributed by atoms with Crippen LogP contribution in [-0.2, 0) is 33.3 Å². The maximum absolute atomic E-state index is 15.1. The lowest BCUT2D eigenvalue weighted by Crippen LogP contribution is -2.43. The van der Waals surface area contributed by atoms with Gasteiger partial charge in [-0.2, -0.15) is 4.31 Å². The van der Waals surface area contributed by atoms with Crippen LogP contribution in [0, 0.1) is 29.1 Å². The van der Waals surface area contributed by atoms with Gasteiger partial charge in [0.1, 0.15) is 0 Å². The molecular weight excluding hydrogens is 741 g/mol. The summed E-state index contributed by atoms with van der Waals surface area (Å²) in [4.78, 5) is 27.2. The minimum atomic E-state index is -5.63. The van der Waals surface area contributed by atoms with Crippen LogP contribution in [0.15, 0.2) is 65.6 Å². The molecule has 1 saturated carbocycles. The number of halogens is 6. The zero-order valence-corrected chi connectivity index (χ0v) is 31.1. The highest BCUT2D eigenvalue weighted by atomic mass is 35.5. The predicted molar refractivity (Wildman–Crippen MR) is 191 cm³/mol. The number of amides is 1. The normalized spacial score (nSPS) is 13.4. The SMILES string of the molecule is CN(C)c1cc(C(=O)O)ccc1N(Cc1cc(C2CC2)cc(C(C)(C)C)c1)C(=O)CN(Cc1ccc(Cl)cc1)S(=O)(=O)c1c(F)c(F)c(F)c(F)c1F. The van der Waals surface area contributed by atoms with Crippen LogP contribution in [0.1, 0.15) is 72.1 Å². The molecule has 4 aromatic rings. The molecule has 0 aromatic heterocycles. The van der Waals surface area contributed by atoms with Crippen molar-refractivity contribution in [3.63, 3.8) is 0 Å². The number of carboxylic acid groups (broad SMARTS) is 1. The average molecular weight is 778 g/mol. The van der Waals surface area contributed by atoms with Crippen molar-refractivity contribution in [1.29, 1.82) is 0 Å².